The molecule has 1 amide bonds. The van der Waals surface area contributed by atoms with Gasteiger partial charge in [-0.25, -0.2) is 0 Å². The quantitative estimate of drug-likeness (QED) is 0.441. The van der Waals surface area contributed by atoms with Crippen LogP contribution in [0.3, 0.4) is 0 Å². The van der Waals surface area contributed by atoms with E-state index in [1.165, 1.54) is 12.1 Å². The maximum Gasteiger partial charge on any atom is 0.416 e. The highest BCUT2D eigenvalue weighted by molar-refractivity contribution is 6.34. The number of amides is 1. The number of carbonyl (C=O) groups is 1. The van der Waals surface area contributed by atoms with E-state index in [0.29, 0.717) is 27.6 Å². The predicted molar refractivity (Wildman–Crippen MR) is 119 cm³/mol. The second kappa shape index (κ2) is 9.02. The molecule has 3 aromatic rings. The molecule has 162 valence electrons. The second-order valence-electron chi connectivity index (χ2n) is 7.44. The molecule has 0 aliphatic heterocycles. The first-order valence-electron chi connectivity index (χ1n) is 9.71. The lowest BCUT2D eigenvalue weighted by molar-refractivity contribution is -0.137. The molecule has 0 atom stereocenters. The molecule has 1 N–H and O–H groups in total. The maximum atomic E-state index is 13.2. The molecular formula is C24H22ClF3N2O. The fourth-order valence-corrected chi connectivity index (χ4v) is 3.53. The molecule has 0 bridgehead atoms. The van der Waals surface area contributed by atoms with Gasteiger partial charge in [0.15, 0.2) is 0 Å². The Kier molecular flexibility index (Phi) is 6.60. The van der Waals surface area contributed by atoms with Crippen molar-refractivity contribution in [2.45, 2.75) is 33.0 Å². The molecular weight excluding hydrogens is 425 g/mol. The highest BCUT2D eigenvalue weighted by Gasteiger charge is 2.31. The number of nitrogens with zero attached hydrogens (tertiary/aromatic N) is 1. The first kappa shape index (κ1) is 22.7. The van der Waals surface area contributed by atoms with Gasteiger partial charge in [-0.2, -0.15) is 13.2 Å². The van der Waals surface area contributed by atoms with Gasteiger partial charge >= 0.3 is 6.18 Å². The van der Waals surface area contributed by atoms with Crippen molar-refractivity contribution in [2.75, 3.05) is 10.2 Å². The van der Waals surface area contributed by atoms with Crippen molar-refractivity contribution >= 4 is 34.6 Å². The molecule has 3 nitrogen and oxygen atoms in total. The van der Waals surface area contributed by atoms with Gasteiger partial charge in [-0.05, 0) is 74.9 Å². The first-order valence-corrected chi connectivity index (χ1v) is 10.1. The van der Waals surface area contributed by atoms with E-state index in [2.05, 4.69) is 5.32 Å². The maximum absolute atomic E-state index is 13.2. The van der Waals surface area contributed by atoms with Gasteiger partial charge in [0.2, 0.25) is 0 Å². The average Bonchev–Trinajstić information content (AvgIpc) is 2.70. The van der Waals surface area contributed by atoms with Gasteiger partial charge in [0, 0.05) is 23.1 Å². The Labute approximate surface area is 184 Å². The Hall–Kier alpha value is -2.99. The van der Waals surface area contributed by atoms with Crippen LogP contribution in [-0.4, -0.2) is 11.9 Å². The molecule has 7 heteroatoms. The minimum Gasteiger partial charge on any atom is -0.339 e. The molecule has 0 saturated heterocycles. The Morgan fingerprint density at radius 2 is 1.65 bits per heavy atom. The molecule has 0 aliphatic rings. The topological polar surface area (TPSA) is 32.3 Å². The van der Waals surface area contributed by atoms with Crippen molar-refractivity contribution in [3.05, 3.63) is 88.4 Å². The number of rotatable bonds is 5. The number of carbonyl (C=O) groups excluding carboxylic acids is 1. The highest BCUT2D eigenvalue weighted by atomic mass is 35.5. The van der Waals surface area contributed by atoms with Crippen molar-refractivity contribution in [1.29, 1.82) is 0 Å². The lowest BCUT2D eigenvalue weighted by Gasteiger charge is -2.31. The molecule has 0 unspecified atom stereocenters. The van der Waals surface area contributed by atoms with E-state index >= 15 is 0 Å². The van der Waals surface area contributed by atoms with Crippen LogP contribution in [0.25, 0.3) is 0 Å². The lowest BCUT2D eigenvalue weighted by Crippen LogP contribution is -2.26. The largest absolute Gasteiger partial charge is 0.416 e. The van der Waals surface area contributed by atoms with E-state index in [9.17, 15) is 18.0 Å². The van der Waals surface area contributed by atoms with Crippen molar-refractivity contribution in [3.63, 3.8) is 0 Å². The molecule has 3 aromatic carbocycles. The van der Waals surface area contributed by atoms with Crippen molar-refractivity contribution in [1.82, 2.24) is 0 Å². The normalized spacial score (nSPS) is 11.5. The summed E-state index contributed by atoms with van der Waals surface area (Å²) in [5, 5.41) is 3.13. The minimum atomic E-state index is -4.42. The zero-order valence-corrected chi connectivity index (χ0v) is 18.1. The predicted octanol–water partition coefficient (Wildman–Crippen LogP) is 7.47. The van der Waals surface area contributed by atoms with Crippen LogP contribution < -0.4 is 10.2 Å². The number of halogens is 4. The van der Waals surface area contributed by atoms with Crippen LogP contribution >= 0.6 is 11.6 Å². The summed E-state index contributed by atoms with van der Waals surface area (Å²) in [7, 11) is 0. The number of anilines is 3. The molecule has 0 aromatic heterocycles. The Morgan fingerprint density at radius 1 is 1.00 bits per heavy atom. The van der Waals surface area contributed by atoms with Crippen LogP contribution in [0.2, 0.25) is 5.02 Å². The van der Waals surface area contributed by atoms with Crippen LogP contribution in [0.4, 0.5) is 30.2 Å². The summed E-state index contributed by atoms with van der Waals surface area (Å²) >= 11 is 6.07. The third-order valence-electron chi connectivity index (χ3n) is 4.83. The van der Waals surface area contributed by atoms with Crippen molar-refractivity contribution in [3.8, 4) is 0 Å². The smallest absolute Gasteiger partial charge is 0.339 e. The second-order valence-corrected chi connectivity index (χ2v) is 7.85. The van der Waals surface area contributed by atoms with Crippen LogP contribution in [-0.2, 0) is 6.18 Å². The van der Waals surface area contributed by atoms with Crippen LogP contribution in [0.1, 0.15) is 35.3 Å². The van der Waals surface area contributed by atoms with Gasteiger partial charge in [0.05, 0.1) is 16.1 Å². The van der Waals surface area contributed by atoms with Gasteiger partial charge in [0.25, 0.3) is 5.91 Å². The lowest BCUT2D eigenvalue weighted by atomic mass is 10.1. The van der Waals surface area contributed by atoms with E-state index in [0.717, 1.165) is 11.6 Å². The van der Waals surface area contributed by atoms with Gasteiger partial charge in [-0.1, -0.05) is 29.8 Å². The number of hydrogen-bond donors (Lipinski definition) is 1. The standard InChI is InChI=1S/C24H22ClF3N2O/c1-15(2)30(22-14-17(24(26,27)28)9-8-16(22)3)19-12-10-18(11-13-19)29-23(31)20-6-4-5-7-21(20)25/h4-15H,1-3H3,(H,29,31). The minimum absolute atomic E-state index is 0.0919. The number of alkyl halides is 3. The number of benzene rings is 3. The fraction of sp³-hybridized carbons (Fsp3) is 0.208. The SMILES string of the molecule is Cc1ccc(C(F)(F)F)cc1N(c1ccc(NC(=O)c2ccccc2Cl)cc1)C(C)C. The van der Waals surface area contributed by atoms with Crippen molar-refractivity contribution in [2.24, 2.45) is 0 Å². The molecule has 0 spiro atoms. The molecule has 0 heterocycles. The van der Waals surface area contributed by atoms with Crippen LogP contribution in [0.15, 0.2) is 66.7 Å². The molecule has 0 radical (unpaired) electrons. The third-order valence-corrected chi connectivity index (χ3v) is 5.16. The molecule has 0 saturated carbocycles. The van der Waals surface area contributed by atoms with Gasteiger partial charge in [-0.15, -0.1) is 0 Å². The summed E-state index contributed by atoms with van der Waals surface area (Å²) < 4.78 is 39.7. The summed E-state index contributed by atoms with van der Waals surface area (Å²) in [6.45, 7) is 5.60. The van der Waals surface area contributed by atoms with Gasteiger partial charge in [-0.3, -0.25) is 4.79 Å². The van der Waals surface area contributed by atoms with Crippen LogP contribution in [0.5, 0.6) is 0 Å². The van der Waals surface area contributed by atoms with E-state index in [1.807, 2.05) is 18.7 Å². The monoisotopic (exact) mass is 446 g/mol. The van der Waals surface area contributed by atoms with E-state index in [1.54, 1.807) is 55.5 Å². The molecule has 0 fully saturated rings. The van der Waals surface area contributed by atoms with Crippen molar-refractivity contribution < 1.29 is 18.0 Å². The van der Waals surface area contributed by atoms with Gasteiger partial charge in [0.1, 0.15) is 0 Å². The molecule has 3 rings (SSSR count). The zero-order chi connectivity index (χ0) is 22.8. The number of hydrogen-bond acceptors (Lipinski definition) is 2. The summed E-state index contributed by atoms with van der Waals surface area (Å²) in [5.41, 5.74) is 2.15. The van der Waals surface area contributed by atoms with Gasteiger partial charge < -0.3 is 10.2 Å². The van der Waals surface area contributed by atoms with E-state index < -0.39 is 11.7 Å². The highest BCUT2D eigenvalue weighted by Crippen LogP contribution is 2.37. The first-order chi connectivity index (χ1) is 14.6. The number of nitrogens with one attached hydrogen (secondary N) is 1. The third kappa shape index (κ3) is 5.20. The van der Waals surface area contributed by atoms with Crippen LogP contribution in [0, 0.1) is 6.92 Å². The number of aryl methyl sites for hydroxylation is 1. The Bertz CT molecular complexity index is 1080. The summed E-state index contributed by atoms with van der Waals surface area (Å²) in [6.07, 6.45) is -4.42. The summed E-state index contributed by atoms with van der Waals surface area (Å²) in [6, 6.07) is 17.3. The fourth-order valence-electron chi connectivity index (χ4n) is 3.31. The zero-order valence-electron chi connectivity index (χ0n) is 17.3. The molecule has 31 heavy (non-hydrogen) atoms. The average molecular weight is 447 g/mol. The Morgan fingerprint density at radius 3 is 2.23 bits per heavy atom. The van der Waals surface area contributed by atoms with E-state index in [4.69, 9.17) is 11.6 Å². The van der Waals surface area contributed by atoms with E-state index in [-0.39, 0.29) is 11.9 Å². The molecule has 0 aliphatic carbocycles. The Balaban J connectivity index is 1.89. The summed E-state index contributed by atoms with van der Waals surface area (Å²) in [4.78, 5) is 14.3. The summed E-state index contributed by atoms with van der Waals surface area (Å²) in [5.74, 6) is -0.340.